The summed E-state index contributed by atoms with van der Waals surface area (Å²) in [4.78, 5) is 17.4. The summed E-state index contributed by atoms with van der Waals surface area (Å²) in [5.74, 6) is 0.217. The maximum Gasteiger partial charge on any atom is 0.236 e. The maximum absolute atomic E-state index is 11.9. The van der Waals surface area contributed by atoms with Gasteiger partial charge in [-0.3, -0.25) is 4.79 Å². The monoisotopic (exact) mass is 253 g/mol. The van der Waals surface area contributed by atoms with E-state index in [4.69, 9.17) is 0 Å². The third kappa shape index (κ3) is 3.80. The maximum atomic E-state index is 11.9. The summed E-state index contributed by atoms with van der Waals surface area (Å²) in [7, 11) is 2.09. The minimum atomic E-state index is 0.217. The average molecular weight is 253 g/mol. The normalized spacial score (nSPS) is 17.4. The molecular formula is C12H19N3OS. The fourth-order valence-corrected chi connectivity index (χ4v) is 2.55. The number of piperazine rings is 1. The van der Waals surface area contributed by atoms with Crippen LogP contribution in [0.3, 0.4) is 0 Å². The molecule has 1 aliphatic rings. The van der Waals surface area contributed by atoms with E-state index in [-0.39, 0.29) is 5.91 Å². The Labute approximate surface area is 106 Å². The number of rotatable bonds is 4. The third-order valence-corrected chi connectivity index (χ3v) is 3.89. The highest BCUT2D eigenvalue weighted by molar-refractivity contribution is 7.09. The molecule has 0 unspecified atom stereocenters. The minimum absolute atomic E-state index is 0.217. The van der Waals surface area contributed by atoms with Crippen molar-refractivity contribution in [3.63, 3.8) is 0 Å². The number of thiophene rings is 1. The van der Waals surface area contributed by atoms with Crippen molar-refractivity contribution in [2.75, 3.05) is 39.8 Å². The number of nitrogens with one attached hydrogen (secondary N) is 1. The van der Waals surface area contributed by atoms with E-state index in [0.717, 1.165) is 32.7 Å². The average Bonchev–Trinajstić information content (AvgIpc) is 2.83. The summed E-state index contributed by atoms with van der Waals surface area (Å²) in [6.07, 6.45) is 0. The number of likely N-dealkylation sites (N-methyl/N-ethyl adjacent to an activating group) is 1. The Morgan fingerprint density at radius 2 is 2.18 bits per heavy atom. The lowest BCUT2D eigenvalue weighted by atomic mass is 10.3. The summed E-state index contributed by atoms with van der Waals surface area (Å²) >= 11 is 1.72. The second kappa shape index (κ2) is 6.14. The van der Waals surface area contributed by atoms with Crippen molar-refractivity contribution in [2.24, 2.45) is 0 Å². The van der Waals surface area contributed by atoms with Crippen LogP contribution in [-0.4, -0.2) is 55.5 Å². The van der Waals surface area contributed by atoms with E-state index in [9.17, 15) is 4.79 Å². The highest BCUT2D eigenvalue weighted by Gasteiger charge is 2.18. The lowest BCUT2D eigenvalue weighted by molar-refractivity contribution is -0.131. The molecule has 5 heteroatoms. The molecule has 1 aliphatic heterocycles. The molecule has 0 aromatic carbocycles. The minimum Gasteiger partial charge on any atom is -0.339 e. The number of carbonyl (C=O) groups excluding carboxylic acids is 1. The van der Waals surface area contributed by atoms with Gasteiger partial charge in [-0.05, 0) is 18.5 Å². The molecular weight excluding hydrogens is 234 g/mol. The van der Waals surface area contributed by atoms with Crippen LogP contribution < -0.4 is 5.32 Å². The van der Waals surface area contributed by atoms with Crippen LogP contribution in [0.25, 0.3) is 0 Å². The number of carbonyl (C=O) groups is 1. The quantitative estimate of drug-likeness (QED) is 0.854. The molecule has 1 aromatic heterocycles. The highest BCUT2D eigenvalue weighted by atomic mass is 32.1. The number of nitrogens with zero attached hydrogens (tertiary/aromatic N) is 2. The number of amides is 1. The summed E-state index contributed by atoms with van der Waals surface area (Å²) in [6, 6.07) is 4.11. The molecule has 4 nitrogen and oxygen atoms in total. The van der Waals surface area contributed by atoms with E-state index < -0.39 is 0 Å². The van der Waals surface area contributed by atoms with Gasteiger partial charge in [-0.1, -0.05) is 6.07 Å². The van der Waals surface area contributed by atoms with Gasteiger partial charge >= 0.3 is 0 Å². The Bertz CT molecular complexity index is 345. The molecule has 2 heterocycles. The van der Waals surface area contributed by atoms with Crippen LogP contribution in [0.15, 0.2) is 17.5 Å². The molecule has 1 aromatic rings. The topological polar surface area (TPSA) is 35.6 Å². The standard InChI is InChI=1S/C12H19N3OS/c1-14-4-6-15(7-5-14)12(16)10-13-9-11-3-2-8-17-11/h2-3,8,13H,4-7,9-10H2,1H3. The zero-order chi connectivity index (χ0) is 12.1. The zero-order valence-corrected chi connectivity index (χ0v) is 11.0. The van der Waals surface area contributed by atoms with E-state index in [1.54, 1.807) is 11.3 Å². The van der Waals surface area contributed by atoms with Gasteiger partial charge in [0.05, 0.1) is 6.54 Å². The molecule has 0 atom stereocenters. The summed E-state index contributed by atoms with van der Waals surface area (Å²) in [5.41, 5.74) is 0. The Kier molecular flexibility index (Phi) is 4.53. The van der Waals surface area contributed by atoms with Crippen molar-refractivity contribution in [3.05, 3.63) is 22.4 Å². The van der Waals surface area contributed by atoms with E-state index in [1.165, 1.54) is 4.88 Å². The van der Waals surface area contributed by atoms with Crippen molar-refractivity contribution in [1.82, 2.24) is 15.1 Å². The van der Waals surface area contributed by atoms with Crippen LogP contribution in [0.4, 0.5) is 0 Å². The van der Waals surface area contributed by atoms with Gasteiger partial charge in [0.2, 0.25) is 5.91 Å². The predicted molar refractivity (Wildman–Crippen MR) is 70.1 cm³/mol. The van der Waals surface area contributed by atoms with E-state index in [1.807, 2.05) is 11.0 Å². The largest absolute Gasteiger partial charge is 0.339 e. The molecule has 1 amide bonds. The van der Waals surface area contributed by atoms with Gasteiger partial charge in [-0.15, -0.1) is 11.3 Å². The molecule has 2 rings (SSSR count). The van der Waals surface area contributed by atoms with Crippen molar-refractivity contribution < 1.29 is 4.79 Å². The lowest BCUT2D eigenvalue weighted by Gasteiger charge is -2.32. The van der Waals surface area contributed by atoms with Gasteiger partial charge in [-0.2, -0.15) is 0 Å². The summed E-state index contributed by atoms with van der Waals surface area (Å²) in [6.45, 7) is 4.91. The molecule has 0 spiro atoms. The third-order valence-electron chi connectivity index (χ3n) is 3.01. The molecule has 1 N–H and O–H groups in total. The molecule has 1 fully saturated rings. The van der Waals surface area contributed by atoms with Gasteiger partial charge in [0.15, 0.2) is 0 Å². The first-order chi connectivity index (χ1) is 8.25. The van der Waals surface area contributed by atoms with Crippen molar-refractivity contribution in [1.29, 1.82) is 0 Å². The van der Waals surface area contributed by atoms with Crippen molar-refractivity contribution in [2.45, 2.75) is 6.54 Å². The van der Waals surface area contributed by atoms with E-state index in [0.29, 0.717) is 6.54 Å². The number of hydrogen-bond acceptors (Lipinski definition) is 4. The first-order valence-corrected chi connectivity index (χ1v) is 6.83. The smallest absolute Gasteiger partial charge is 0.236 e. The summed E-state index contributed by atoms with van der Waals surface area (Å²) < 4.78 is 0. The fraction of sp³-hybridized carbons (Fsp3) is 0.583. The van der Waals surface area contributed by atoms with Gasteiger partial charge in [-0.25, -0.2) is 0 Å². The lowest BCUT2D eigenvalue weighted by Crippen LogP contribution is -2.49. The Morgan fingerprint density at radius 3 is 2.82 bits per heavy atom. The summed E-state index contributed by atoms with van der Waals surface area (Å²) in [5, 5.41) is 5.26. The second-order valence-corrected chi connectivity index (χ2v) is 5.40. The van der Waals surface area contributed by atoms with Crippen LogP contribution in [0, 0.1) is 0 Å². The molecule has 0 bridgehead atoms. The first-order valence-electron chi connectivity index (χ1n) is 5.95. The second-order valence-electron chi connectivity index (χ2n) is 4.37. The molecule has 94 valence electrons. The van der Waals surface area contributed by atoms with Crippen molar-refractivity contribution in [3.8, 4) is 0 Å². The van der Waals surface area contributed by atoms with Crippen LogP contribution >= 0.6 is 11.3 Å². The highest BCUT2D eigenvalue weighted by Crippen LogP contribution is 2.07. The van der Waals surface area contributed by atoms with Crippen molar-refractivity contribution >= 4 is 17.2 Å². The van der Waals surface area contributed by atoms with Crippen LogP contribution in [0.5, 0.6) is 0 Å². The Morgan fingerprint density at radius 1 is 1.41 bits per heavy atom. The fourth-order valence-electron chi connectivity index (χ4n) is 1.87. The van der Waals surface area contributed by atoms with Crippen LogP contribution in [-0.2, 0) is 11.3 Å². The Balaban J connectivity index is 1.67. The van der Waals surface area contributed by atoms with Crippen LogP contribution in [0.1, 0.15) is 4.88 Å². The molecule has 17 heavy (non-hydrogen) atoms. The molecule has 0 radical (unpaired) electrons. The molecule has 0 saturated carbocycles. The Hall–Kier alpha value is -0.910. The van der Waals surface area contributed by atoms with E-state index in [2.05, 4.69) is 28.7 Å². The molecule has 1 saturated heterocycles. The van der Waals surface area contributed by atoms with Gasteiger partial charge < -0.3 is 15.1 Å². The predicted octanol–water partition coefficient (Wildman–Crippen LogP) is 0.612. The van der Waals surface area contributed by atoms with Gasteiger partial charge in [0.25, 0.3) is 0 Å². The number of hydrogen-bond donors (Lipinski definition) is 1. The van der Waals surface area contributed by atoms with Crippen LogP contribution in [0.2, 0.25) is 0 Å². The SMILES string of the molecule is CN1CCN(C(=O)CNCc2cccs2)CC1. The van der Waals surface area contributed by atoms with E-state index >= 15 is 0 Å². The van der Waals surface area contributed by atoms with Gasteiger partial charge in [0, 0.05) is 37.6 Å². The molecule has 0 aliphatic carbocycles. The van der Waals surface area contributed by atoms with Gasteiger partial charge in [0.1, 0.15) is 0 Å². The first kappa shape index (κ1) is 12.5. The zero-order valence-electron chi connectivity index (χ0n) is 10.2.